The molecule has 0 radical (unpaired) electrons. The van der Waals surface area contributed by atoms with Gasteiger partial charge in [-0.3, -0.25) is 4.79 Å². The lowest BCUT2D eigenvalue weighted by Crippen LogP contribution is -2.40. The van der Waals surface area contributed by atoms with Gasteiger partial charge in [0.25, 0.3) is 0 Å². The molecule has 1 saturated heterocycles. The lowest BCUT2D eigenvalue weighted by molar-refractivity contribution is -0.123. The van der Waals surface area contributed by atoms with Crippen molar-refractivity contribution in [2.75, 3.05) is 13.1 Å². The van der Waals surface area contributed by atoms with Crippen LogP contribution in [0.4, 0.5) is 0 Å². The summed E-state index contributed by atoms with van der Waals surface area (Å²) >= 11 is 1.69. The normalized spacial score (nSPS) is 18.9. The molecule has 0 aliphatic carbocycles. The van der Waals surface area contributed by atoms with Crippen LogP contribution in [0.2, 0.25) is 0 Å². The van der Waals surface area contributed by atoms with Gasteiger partial charge in [-0.2, -0.15) is 0 Å². The summed E-state index contributed by atoms with van der Waals surface area (Å²) in [6.45, 7) is 6.30. The first-order valence-corrected chi connectivity index (χ1v) is 7.51. The predicted molar refractivity (Wildman–Crippen MR) is 82.9 cm³/mol. The lowest BCUT2D eigenvalue weighted by atomic mass is 10.00. The Morgan fingerprint density at radius 1 is 1.58 bits per heavy atom. The van der Waals surface area contributed by atoms with Crippen molar-refractivity contribution < 1.29 is 4.79 Å². The third kappa shape index (κ3) is 4.79. The van der Waals surface area contributed by atoms with Crippen LogP contribution in [0.15, 0.2) is 17.5 Å². The van der Waals surface area contributed by atoms with Crippen LogP contribution in [-0.2, 0) is 10.3 Å². The first kappa shape index (κ1) is 16.5. The Bertz CT molecular complexity index is 386. The molecule has 1 aliphatic heterocycles. The first-order chi connectivity index (χ1) is 8.58. The zero-order valence-electron chi connectivity index (χ0n) is 11.6. The molecule has 1 unspecified atom stereocenters. The van der Waals surface area contributed by atoms with Gasteiger partial charge in [0.2, 0.25) is 5.91 Å². The van der Waals surface area contributed by atoms with Crippen molar-refractivity contribution in [1.29, 1.82) is 0 Å². The number of nitrogens with one attached hydrogen (secondary N) is 2. The summed E-state index contributed by atoms with van der Waals surface area (Å²) in [5.41, 5.74) is -0.251. The molecule has 0 saturated carbocycles. The molecule has 19 heavy (non-hydrogen) atoms. The van der Waals surface area contributed by atoms with Crippen LogP contribution in [-0.4, -0.2) is 19.0 Å². The minimum atomic E-state index is -0.251. The highest BCUT2D eigenvalue weighted by atomic mass is 35.5. The van der Waals surface area contributed by atoms with E-state index in [9.17, 15) is 4.79 Å². The number of hydrogen-bond donors (Lipinski definition) is 2. The summed E-state index contributed by atoms with van der Waals surface area (Å²) < 4.78 is 0. The number of carbonyl (C=O) groups is 1. The van der Waals surface area contributed by atoms with Crippen molar-refractivity contribution in [3.63, 3.8) is 0 Å². The molecule has 2 N–H and O–H groups in total. The van der Waals surface area contributed by atoms with Crippen LogP contribution in [0, 0.1) is 5.92 Å². The topological polar surface area (TPSA) is 41.1 Å². The Kier molecular flexibility index (Phi) is 6.30. The summed E-state index contributed by atoms with van der Waals surface area (Å²) in [4.78, 5) is 13.2. The van der Waals surface area contributed by atoms with E-state index >= 15 is 0 Å². The Labute approximate surface area is 125 Å². The van der Waals surface area contributed by atoms with Crippen LogP contribution >= 0.6 is 23.7 Å². The standard InChI is InChI=1S/C14H22N2OS.ClH/c1-14(2,12-4-3-9-18-12)16-13(17)6-5-11-7-8-15-10-11;/h3-4,9,11,15H,5-8,10H2,1-2H3,(H,16,17);1H. The quantitative estimate of drug-likeness (QED) is 0.878. The second-order valence-electron chi connectivity index (χ2n) is 5.55. The largest absolute Gasteiger partial charge is 0.346 e. The van der Waals surface area contributed by atoms with Gasteiger partial charge in [0.15, 0.2) is 0 Å². The highest BCUT2D eigenvalue weighted by Crippen LogP contribution is 2.25. The SMILES string of the molecule is CC(C)(NC(=O)CCC1CCNC1)c1cccs1.Cl. The van der Waals surface area contributed by atoms with Crippen LogP contribution < -0.4 is 10.6 Å². The van der Waals surface area contributed by atoms with E-state index in [4.69, 9.17) is 0 Å². The third-order valence-electron chi connectivity index (χ3n) is 3.53. The first-order valence-electron chi connectivity index (χ1n) is 6.63. The van der Waals surface area contributed by atoms with Crippen molar-refractivity contribution in [3.8, 4) is 0 Å². The molecule has 1 amide bonds. The zero-order chi connectivity index (χ0) is 13.0. The van der Waals surface area contributed by atoms with Crippen LogP contribution in [0.25, 0.3) is 0 Å². The monoisotopic (exact) mass is 302 g/mol. The molecule has 1 aromatic heterocycles. The Morgan fingerprint density at radius 3 is 2.95 bits per heavy atom. The number of thiophene rings is 1. The summed E-state index contributed by atoms with van der Waals surface area (Å²) in [6, 6.07) is 4.10. The molecule has 2 heterocycles. The van der Waals surface area contributed by atoms with E-state index in [-0.39, 0.29) is 23.9 Å². The maximum absolute atomic E-state index is 12.0. The van der Waals surface area contributed by atoms with Crippen molar-refractivity contribution >= 4 is 29.7 Å². The van der Waals surface area contributed by atoms with E-state index in [1.54, 1.807) is 11.3 Å². The fourth-order valence-electron chi connectivity index (χ4n) is 2.40. The van der Waals surface area contributed by atoms with Gasteiger partial charge in [-0.05, 0) is 57.1 Å². The van der Waals surface area contributed by atoms with Gasteiger partial charge in [-0.1, -0.05) is 6.07 Å². The molecule has 1 aromatic rings. The maximum atomic E-state index is 12.0. The molecule has 1 aliphatic rings. The van der Waals surface area contributed by atoms with Crippen LogP contribution in [0.3, 0.4) is 0 Å². The number of hydrogen-bond acceptors (Lipinski definition) is 3. The van der Waals surface area contributed by atoms with E-state index in [0.717, 1.165) is 19.5 Å². The molecule has 0 bridgehead atoms. The third-order valence-corrected chi connectivity index (χ3v) is 4.72. The maximum Gasteiger partial charge on any atom is 0.220 e. The Morgan fingerprint density at radius 2 is 2.37 bits per heavy atom. The number of amides is 1. The highest BCUT2D eigenvalue weighted by Gasteiger charge is 2.24. The molecule has 0 aromatic carbocycles. The summed E-state index contributed by atoms with van der Waals surface area (Å²) in [6.07, 6.45) is 2.85. The highest BCUT2D eigenvalue weighted by molar-refractivity contribution is 7.10. The zero-order valence-corrected chi connectivity index (χ0v) is 13.2. The molecule has 3 nitrogen and oxygen atoms in total. The van der Waals surface area contributed by atoms with Gasteiger partial charge < -0.3 is 10.6 Å². The van der Waals surface area contributed by atoms with Gasteiger partial charge in [0.1, 0.15) is 0 Å². The molecule has 1 atom stereocenters. The summed E-state index contributed by atoms with van der Waals surface area (Å²) in [5.74, 6) is 0.848. The molecule has 108 valence electrons. The van der Waals surface area contributed by atoms with E-state index in [2.05, 4.69) is 30.5 Å². The average molecular weight is 303 g/mol. The fraction of sp³-hybridized carbons (Fsp3) is 0.643. The molecule has 1 fully saturated rings. The predicted octanol–water partition coefficient (Wildman–Crippen LogP) is 2.91. The van der Waals surface area contributed by atoms with E-state index in [1.807, 2.05) is 11.4 Å². The molecular weight excluding hydrogens is 280 g/mol. The van der Waals surface area contributed by atoms with Crippen molar-refractivity contribution in [1.82, 2.24) is 10.6 Å². The van der Waals surface area contributed by atoms with E-state index < -0.39 is 0 Å². The molecular formula is C14H23ClN2OS. The number of halogens is 1. The molecule has 2 rings (SSSR count). The van der Waals surface area contributed by atoms with Crippen molar-refractivity contribution in [2.24, 2.45) is 5.92 Å². The second kappa shape index (κ2) is 7.27. The minimum absolute atomic E-state index is 0. The van der Waals surface area contributed by atoms with Gasteiger partial charge >= 0.3 is 0 Å². The Balaban J connectivity index is 0.00000180. The summed E-state index contributed by atoms with van der Waals surface area (Å²) in [7, 11) is 0. The van der Waals surface area contributed by atoms with Gasteiger partial charge in [-0.15, -0.1) is 23.7 Å². The summed E-state index contributed by atoms with van der Waals surface area (Å²) in [5, 5.41) is 8.52. The lowest BCUT2D eigenvalue weighted by Gasteiger charge is -2.25. The average Bonchev–Trinajstić information content (AvgIpc) is 2.99. The van der Waals surface area contributed by atoms with Crippen molar-refractivity contribution in [3.05, 3.63) is 22.4 Å². The molecule has 5 heteroatoms. The van der Waals surface area contributed by atoms with Gasteiger partial charge in [-0.25, -0.2) is 0 Å². The minimum Gasteiger partial charge on any atom is -0.346 e. The van der Waals surface area contributed by atoms with Gasteiger partial charge in [0, 0.05) is 11.3 Å². The van der Waals surface area contributed by atoms with Crippen LogP contribution in [0.1, 0.15) is 38.0 Å². The molecule has 0 spiro atoms. The Hall–Kier alpha value is -0.580. The number of carbonyl (C=O) groups excluding carboxylic acids is 1. The van der Waals surface area contributed by atoms with Gasteiger partial charge in [0.05, 0.1) is 5.54 Å². The second-order valence-corrected chi connectivity index (χ2v) is 6.50. The van der Waals surface area contributed by atoms with E-state index in [1.165, 1.54) is 11.3 Å². The fourth-order valence-corrected chi connectivity index (χ4v) is 3.21. The van der Waals surface area contributed by atoms with E-state index in [0.29, 0.717) is 12.3 Å². The number of rotatable bonds is 5. The van der Waals surface area contributed by atoms with Crippen LogP contribution in [0.5, 0.6) is 0 Å². The van der Waals surface area contributed by atoms with Crippen molar-refractivity contribution in [2.45, 2.75) is 38.6 Å². The smallest absolute Gasteiger partial charge is 0.220 e.